The summed E-state index contributed by atoms with van der Waals surface area (Å²) < 4.78 is 25.8. The van der Waals surface area contributed by atoms with Gasteiger partial charge in [-0.05, 0) is 126 Å². The Balaban J connectivity index is 0.000000373. The van der Waals surface area contributed by atoms with Crippen molar-refractivity contribution in [2.24, 2.45) is 0 Å². The van der Waals surface area contributed by atoms with Crippen LogP contribution < -0.4 is 5.43 Å². The summed E-state index contributed by atoms with van der Waals surface area (Å²) in [5.74, 6) is -1.02. The van der Waals surface area contributed by atoms with Crippen LogP contribution in [0.3, 0.4) is 0 Å². The number of thioether (sulfide) groups is 2. The van der Waals surface area contributed by atoms with Crippen LogP contribution >= 0.6 is 90.0 Å². The van der Waals surface area contributed by atoms with E-state index < -0.39 is 24.5 Å². The standard InChI is InChI=1S/C13H13BrN2O2S.C13H14N2O3S.CH3F.Br3P/c1-4-18-13(17)8-6-15-11-7(2)5-9(19-3)16-12(11)10(8)14;1-4-18-13(17)8-6-14-10-7(2)5-9(19-3)15-11(10)12(8)16;1-2;1-4(2)3/h5-6H,4H2,1-3H3;5-6H,4H2,1-3H3,(H,14,16);1H3;/i;;1D;. The SMILES string of the molecule is BrP(Br)Br.CCOC(=O)c1c[nH]c2c(C)cc(SC)nc2c1=O.CCOC(=O)c1cnc2c(C)cc(SC)nc2c1Br.[2H]CF. The van der Waals surface area contributed by atoms with E-state index >= 15 is 0 Å². The zero-order valence-corrected chi connectivity index (χ0v) is 33.3. The predicted molar refractivity (Wildman–Crippen MR) is 195 cm³/mol. The minimum atomic E-state index is -1.00. The van der Waals surface area contributed by atoms with Crippen LogP contribution in [0.15, 0.2) is 43.8 Å². The number of aromatic nitrogens is 4. The average molecular weight is 925 g/mol. The van der Waals surface area contributed by atoms with Gasteiger partial charge in [-0.3, -0.25) is 14.2 Å². The fourth-order valence-corrected chi connectivity index (χ4v) is 5.01. The summed E-state index contributed by atoms with van der Waals surface area (Å²) in [6.07, 6.45) is 6.76. The van der Waals surface area contributed by atoms with Crippen molar-refractivity contribution in [1.82, 2.24) is 19.9 Å². The first-order chi connectivity index (χ1) is 21.3. The van der Waals surface area contributed by atoms with Gasteiger partial charge in [0, 0.05) is 12.4 Å². The molecule has 0 atom stereocenters. The first kappa shape index (κ1) is 39.0. The summed E-state index contributed by atoms with van der Waals surface area (Å²) in [7, 11) is -1.00. The van der Waals surface area contributed by atoms with E-state index in [9.17, 15) is 18.8 Å². The third-order valence-electron chi connectivity index (χ3n) is 5.35. The van der Waals surface area contributed by atoms with Gasteiger partial charge in [0.15, 0.2) is 0 Å². The lowest BCUT2D eigenvalue weighted by Gasteiger charge is -2.09. The molecule has 0 radical (unpaired) electrons. The third kappa shape index (κ3) is 11.6. The van der Waals surface area contributed by atoms with E-state index in [-0.39, 0.29) is 21.7 Å². The highest BCUT2D eigenvalue weighted by Gasteiger charge is 2.18. The molecular formula is C27H30Br4FN4O5PS2. The molecule has 0 unspecified atom stereocenters. The van der Waals surface area contributed by atoms with Crippen LogP contribution in [-0.4, -0.2) is 64.8 Å². The lowest BCUT2D eigenvalue weighted by Crippen LogP contribution is -2.19. The number of carbonyl (C=O) groups excluding carboxylic acids is 2. The van der Waals surface area contributed by atoms with E-state index in [1.165, 1.54) is 24.2 Å². The Morgan fingerprint density at radius 2 is 1.43 bits per heavy atom. The molecule has 4 aromatic heterocycles. The van der Waals surface area contributed by atoms with Gasteiger partial charge in [0.1, 0.15) is 20.6 Å². The number of hydrogen-bond donors (Lipinski definition) is 1. The molecule has 4 aromatic rings. The monoisotopic (exact) mass is 921 g/mol. The molecule has 0 aromatic carbocycles. The van der Waals surface area contributed by atoms with Crippen LogP contribution in [0.1, 0.15) is 47.1 Å². The molecule has 0 amide bonds. The van der Waals surface area contributed by atoms with Crippen LogP contribution in [0.5, 0.6) is 0 Å². The molecule has 240 valence electrons. The van der Waals surface area contributed by atoms with E-state index in [1.54, 1.807) is 25.6 Å². The second-order valence-corrected chi connectivity index (χ2v) is 25.8. The highest BCUT2D eigenvalue weighted by Crippen LogP contribution is 2.59. The fraction of sp³-hybridized carbons (Fsp3) is 0.333. The third-order valence-corrected chi connectivity index (χ3v) is 7.41. The number of esters is 2. The second-order valence-electron chi connectivity index (χ2n) is 8.03. The van der Waals surface area contributed by atoms with E-state index in [2.05, 4.69) is 82.3 Å². The molecule has 4 rings (SSSR count). The summed E-state index contributed by atoms with van der Waals surface area (Å²) in [5, 5.41) is 1.64. The molecule has 0 spiro atoms. The largest absolute Gasteiger partial charge is 0.462 e. The topological polar surface area (TPSA) is 124 Å². The smallest absolute Gasteiger partial charge is 0.343 e. The highest BCUT2D eigenvalue weighted by atomic mass is 80.0. The van der Waals surface area contributed by atoms with E-state index in [0.29, 0.717) is 27.7 Å². The number of halogens is 5. The molecule has 17 heteroatoms. The van der Waals surface area contributed by atoms with Crippen LogP contribution in [-0.2, 0) is 9.47 Å². The average Bonchev–Trinajstić information content (AvgIpc) is 2.98. The van der Waals surface area contributed by atoms with Crippen molar-refractivity contribution in [3.05, 3.63) is 61.5 Å². The first-order valence-corrected chi connectivity index (χ1v) is 23.0. The van der Waals surface area contributed by atoms with Crippen LogP contribution in [0.2, 0.25) is 0 Å². The van der Waals surface area contributed by atoms with E-state index in [1.807, 2.05) is 38.5 Å². The summed E-state index contributed by atoms with van der Waals surface area (Å²) in [6.45, 7) is 7.90. The molecule has 0 fully saturated rings. The number of aryl methyl sites for hydroxylation is 2. The van der Waals surface area contributed by atoms with E-state index in [4.69, 9.17) is 10.8 Å². The molecule has 9 nitrogen and oxygen atoms in total. The van der Waals surface area contributed by atoms with Crippen LogP contribution in [0, 0.1) is 13.8 Å². The number of nitrogens with one attached hydrogen (secondary N) is 1. The number of H-pyrrole nitrogens is 1. The Morgan fingerprint density at radius 1 is 0.955 bits per heavy atom. The van der Waals surface area contributed by atoms with Crippen molar-refractivity contribution in [2.45, 2.75) is 37.7 Å². The molecule has 0 aliphatic rings. The molecular weight excluding hydrogens is 894 g/mol. The van der Waals surface area contributed by atoms with Crippen molar-refractivity contribution >= 4 is 124 Å². The second kappa shape index (κ2) is 20.9. The summed E-state index contributed by atoms with van der Waals surface area (Å²) in [6, 6.07) is 3.88. The van der Waals surface area contributed by atoms with Gasteiger partial charge in [0.2, 0.25) is 5.43 Å². The minimum Gasteiger partial charge on any atom is -0.462 e. The van der Waals surface area contributed by atoms with Crippen molar-refractivity contribution in [1.29, 1.82) is 0 Å². The van der Waals surface area contributed by atoms with Crippen molar-refractivity contribution in [3.63, 3.8) is 0 Å². The van der Waals surface area contributed by atoms with Crippen molar-refractivity contribution in [3.8, 4) is 0 Å². The van der Waals surface area contributed by atoms with Gasteiger partial charge in [-0.1, -0.05) is 0 Å². The number of nitrogens with zero attached hydrogens (tertiary/aromatic N) is 3. The maximum absolute atomic E-state index is 12.3. The van der Waals surface area contributed by atoms with Gasteiger partial charge in [0.05, 0.1) is 52.9 Å². The molecule has 4 heterocycles. The molecule has 44 heavy (non-hydrogen) atoms. The molecule has 0 bridgehead atoms. The van der Waals surface area contributed by atoms with E-state index in [0.717, 1.165) is 26.7 Å². The van der Waals surface area contributed by atoms with Gasteiger partial charge < -0.3 is 14.5 Å². The normalized spacial score (nSPS) is 10.5. The number of alkyl halides is 1. The van der Waals surface area contributed by atoms with Crippen molar-refractivity contribution < 1.29 is 24.8 Å². The Morgan fingerprint density at radius 3 is 1.93 bits per heavy atom. The number of aromatic amines is 1. The van der Waals surface area contributed by atoms with Crippen LogP contribution in [0.25, 0.3) is 22.1 Å². The molecule has 0 aliphatic heterocycles. The number of hydrogen-bond acceptors (Lipinski definition) is 10. The Hall–Kier alpha value is -1.16. The van der Waals surface area contributed by atoms with Gasteiger partial charge in [-0.2, -0.15) is 0 Å². The zero-order valence-electron chi connectivity index (χ0n) is 25.5. The molecule has 0 saturated carbocycles. The van der Waals surface area contributed by atoms with Gasteiger partial charge in [0.25, 0.3) is 0 Å². The van der Waals surface area contributed by atoms with Gasteiger partial charge >= 0.3 is 11.9 Å². The highest BCUT2D eigenvalue weighted by molar-refractivity contribution is 9.93. The summed E-state index contributed by atoms with van der Waals surface area (Å²) in [4.78, 5) is 51.8. The number of pyridine rings is 4. The Kier molecular flexibility index (Phi) is 18.5. The Bertz CT molecular complexity index is 1670. The number of rotatable bonds is 6. The van der Waals surface area contributed by atoms with Crippen molar-refractivity contribution in [2.75, 3.05) is 32.9 Å². The number of fused-ring (bicyclic) bond motifs is 2. The number of carbonyl (C=O) groups is 2. The first-order valence-electron chi connectivity index (χ1n) is 13.1. The summed E-state index contributed by atoms with van der Waals surface area (Å²) >= 11 is 16.0. The predicted octanol–water partition coefficient (Wildman–Crippen LogP) is 9.71. The maximum Gasteiger partial charge on any atom is 0.343 e. The lowest BCUT2D eigenvalue weighted by atomic mass is 10.2. The molecule has 0 saturated heterocycles. The van der Waals surface area contributed by atoms with Gasteiger partial charge in [-0.25, -0.2) is 19.6 Å². The van der Waals surface area contributed by atoms with Crippen LogP contribution in [0.4, 0.5) is 4.39 Å². The zero-order chi connectivity index (χ0) is 34.3. The summed E-state index contributed by atoms with van der Waals surface area (Å²) in [5.41, 5.74) is 4.34. The number of ether oxygens (including phenoxy) is 2. The quantitative estimate of drug-likeness (QED) is 0.114. The maximum atomic E-state index is 12.3. The lowest BCUT2D eigenvalue weighted by molar-refractivity contribution is 0.0515. The minimum absolute atomic E-state index is 0.0143. The fourth-order valence-electron chi connectivity index (χ4n) is 3.51. The molecule has 0 aliphatic carbocycles. The Labute approximate surface area is 298 Å². The molecule has 1 N–H and O–H groups in total. The van der Waals surface area contributed by atoms with Gasteiger partial charge in [-0.15, -0.1) is 23.5 Å².